The smallest absolute Gasteiger partial charge is 0.144 e. The molecule has 0 radical (unpaired) electrons. The van der Waals surface area contributed by atoms with Crippen LogP contribution in [0.4, 0.5) is 0 Å². The number of thiophene rings is 1. The first-order valence-corrected chi connectivity index (χ1v) is 7.19. The minimum Gasteiger partial charge on any atom is -0.292 e. The summed E-state index contributed by atoms with van der Waals surface area (Å²) >= 11 is 1.77. The standard InChI is InChI=1S/C15H17N3S/c1-12(2)18(11-14-6-4-8-19-14)10-13-5-3-7-17-15(13)9-16/h3-8,12H,10-11H2,1-2H3. The molecule has 0 aliphatic rings. The summed E-state index contributed by atoms with van der Waals surface area (Å²) in [6, 6.07) is 10.7. The minimum atomic E-state index is 0.425. The molecule has 0 fully saturated rings. The summed E-state index contributed by atoms with van der Waals surface area (Å²) in [5.74, 6) is 0. The summed E-state index contributed by atoms with van der Waals surface area (Å²) in [7, 11) is 0. The van der Waals surface area contributed by atoms with Crippen molar-refractivity contribution in [2.75, 3.05) is 0 Å². The van der Waals surface area contributed by atoms with Crippen molar-refractivity contribution in [1.82, 2.24) is 9.88 Å². The van der Waals surface area contributed by atoms with Crippen molar-refractivity contribution in [2.45, 2.75) is 33.0 Å². The van der Waals surface area contributed by atoms with Crippen LogP contribution in [-0.2, 0) is 13.1 Å². The second kappa shape index (κ2) is 6.46. The van der Waals surface area contributed by atoms with E-state index in [1.165, 1.54) is 4.88 Å². The lowest BCUT2D eigenvalue weighted by Crippen LogP contribution is -2.29. The first-order valence-electron chi connectivity index (χ1n) is 6.31. The maximum absolute atomic E-state index is 9.10. The molecule has 2 rings (SSSR count). The number of hydrogen-bond donors (Lipinski definition) is 0. The normalized spacial score (nSPS) is 10.9. The number of pyridine rings is 1. The second-order valence-corrected chi connectivity index (χ2v) is 5.73. The fraction of sp³-hybridized carbons (Fsp3) is 0.333. The van der Waals surface area contributed by atoms with Crippen molar-refractivity contribution in [3.05, 3.63) is 52.0 Å². The topological polar surface area (TPSA) is 39.9 Å². The zero-order valence-corrected chi connectivity index (χ0v) is 12.0. The second-order valence-electron chi connectivity index (χ2n) is 4.70. The highest BCUT2D eigenvalue weighted by atomic mass is 32.1. The van der Waals surface area contributed by atoms with Crippen molar-refractivity contribution < 1.29 is 0 Å². The molecule has 0 unspecified atom stereocenters. The molecule has 98 valence electrons. The van der Waals surface area contributed by atoms with Crippen molar-refractivity contribution in [1.29, 1.82) is 5.26 Å². The van der Waals surface area contributed by atoms with Gasteiger partial charge in [-0.3, -0.25) is 4.90 Å². The fourth-order valence-corrected chi connectivity index (χ4v) is 2.64. The zero-order chi connectivity index (χ0) is 13.7. The Morgan fingerprint density at radius 3 is 2.79 bits per heavy atom. The van der Waals surface area contributed by atoms with Crippen LogP contribution in [0.5, 0.6) is 0 Å². The molecule has 0 saturated heterocycles. The fourth-order valence-electron chi connectivity index (χ4n) is 1.91. The minimum absolute atomic E-state index is 0.425. The van der Waals surface area contributed by atoms with Crippen LogP contribution in [0.3, 0.4) is 0 Å². The summed E-state index contributed by atoms with van der Waals surface area (Å²) in [6.45, 7) is 6.02. The first-order chi connectivity index (χ1) is 9.20. The molecule has 0 N–H and O–H groups in total. The van der Waals surface area contributed by atoms with Gasteiger partial charge in [0.2, 0.25) is 0 Å². The molecule has 2 aromatic heterocycles. The molecule has 4 heteroatoms. The molecule has 0 aliphatic heterocycles. The van der Waals surface area contributed by atoms with Crippen LogP contribution >= 0.6 is 11.3 Å². The molecule has 3 nitrogen and oxygen atoms in total. The van der Waals surface area contributed by atoms with Gasteiger partial charge in [0.1, 0.15) is 11.8 Å². The van der Waals surface area contributed by atoms with Gasteiger partial charge in [-0.25, -0.2) is 4.98 Å². The van der Waals surface area contributed by atoms with Gasteiger partial charge in [0.25, 0.3) is 0 Å². The van der Waals surface area contributed by atoms with Crippen LogP contribution in [0, 0.1) is 11.3 Å². The Hall–Kier alpha value is -1.70. The molecule has 0 bridgehead atoms. The molecule has 0 aromatic carbocycles. The van der Waals surface area contributed by atoms with E-state index >= 15 is 0 Å². The van der Waals surface area contributed by atoms with Crippen LogP contribution in [0.2, 0.25) is 0 Å². The lowest BCUT2D eigenvalue weighted by Gasteiger charge is -2.26. The van der Waals surface area contributed by atoms with Crippen LogP contribution in [-0.4, -0.2) is 15.9 Å². The molecule has 0 aliphatic carbocycles. The Bertz CT molecular complexity index is 555. The monoisotopic (exact) mass is 271 g/mol. The van der Waals surface area contributed by atoms with Crippen molar-refractivity contribution >= 4 is 11.3 Å². The summed E-state index contributed by atoms with van der Waals surface area (Å²) < 4.78 is 0. The highest BCUT2D eigenvalue weighted by Crippen LogP contribution is 2.17. The molecule has 0 spiro atoms. The number of aromatic nitrogens is 1. The van der Waals surface area contributed by atoms with E-state index in [4.69, 9.17) is 5.26 Å². The van der Waals surface area contributed by atoms with Gasteiger partial charge in [-0.15, -0.1) is 11.3 Å². The van der Waals surface area contributed by atoms with Crippen LogP contribution in [0.1, 0.15) is 30.0 Å². The third-order valence-electron chi connectivity index (χ3n) is 3.04. The van der Waals surface area contributed by atoms with E-state index in [9.17, 15) is 0 Å². The average Bonchev–Trinajstić information content (AvgIpc) is 2.91. The summed E-state index contributed by atoms with van der Waals surface area (Å²) in [4.78, 5) is 7.82. The van der Waals surface area contributed by atoms with E-state index < -0.39 is 0 Å². The Labute approximate surface area is 118 Å². The third-order valence-corrected chi connectivity index (χ3v) is 3.90. The predicted octanol–water partition coefficient (Wildman–Crippen LogP) is 3.43. The highest BCUT2D eigenvalue weighted by Gasteiger charge is 2.13. The Morgan fingerprint density at radius 1 is 1.32 bits per heavy atom. The van der Waals surface area contributed by atoms with Gasteiger partial charge in [0.05, 0.1) is 0 Å². The largest absolute Gasteiger partial charge is 0.292 e. The number of hydrogen-bond acceptors (Lipinski definition) is 4. The molecule has 2 heterocycles. The van der Waals surface area contributed by atoms with E-state index in [1.54, 1.807) is 17.5 Å². The molecule has 0 saturated carbocycles. The molecule has 0 atom stereocenters. The van der Waals surface area contributed by atoms with Gasteiger partial charge < -0.3 is 0 Å². The van der Waals surface area contributed by atoms with E-state index in [0.29, 0.717) is 11.7 Å². The molecular formula is C15H17N3S. The number of nitriles is 1. The summed E-state index contributed by atoms with van der Waals surface area (Å²) in [5, 5.41) is 11.2. The van der Waals surface area contributed by atoms with E-state index in [-0.39, 0.29) is 0 Å². The van der Waals surface area contributed by atoms with Gasteiger partial charge in [0.15, 0.2) is 0 Å². The SMILES string of the molecule is CC(C)N(Cc1cccs1)Cc1cccnc1C#N. The first kappa shape index (κ1) is 13.7. The Morgan fingerprint density at radius 2 is 2.16 bits per heavy atom. The van der Waals surface area contributed by atoms with Gasteiger partial charge in [0, 0.05) is 35.8 Å². The maximum atomic E-state index is 9.10. The van der Waals surface area contributed by atoms with Crippen molar-refractivity contribution in [2.24, 2.45) is 0 Å². The van der Waals surface area contributed by atoms with E-state index in [1.807, 2.05) is 12.1 Å². The molecule has 2 aromatic rings. The lowest BCUT2D eigenvalue weighted by molar-refractivity contribution is 0.205. The van der Waals surface area contributed by atoms with Gasteiger partial charge >= 0.3 is 0 Å². The number of rotatable bonds is 5. The van der Waals surface area contributed by atoms with Crippen molar-refractivity contribution in [3.8, 4) is 6.07 Å². The zero-order valence-electron chi connectivity index (χ0n) is 11.2. The summed E-state index contributed by atoms with van der Waals surface area (Å²) in [5.41, 5.74) is 1.52. The van der Waals surface area contributed by atoms with Crippen LogP contribution in [0.15, 0.2) is 35.8 Å². The average molecular weight is 271 g/mol. The molecular weight excluding hydrogens is 254 g/mol. The highest BCUT2D eigenvalue weighted by molar-refractivity contribution is 7.09. The van der Waals surface area contributed by atoms with E-state index in [2.05, 4.69) is 47.3 Å². The summed E-state index contributed by atoms with van der Waals surface area (Å²) in [6.07, 6.45) is 1.67. The third kappa shape index (κ3) is 3.63. The van der Waals surface area contributed by atoms with E-state index in [0.717, 1.165) is 18.7 Å². The van der Waals surface area contributed by atoms with Crippen molar-refractivity contribution in [3.63, 3.8) is 0 Å². The van der Waals surface area contributed by atoms with Gasteiger partial charge in [-0.2, -0.15) is 5.26 Å². The Balaban J connectivity index is 2.15. The quantitative estimate of drug-likeness (QED) is 0.836. The van der Waals surface area contributed by atoms with Crippen LogP contribution in [0.25, 0.3) is 0 Å². The Kier molecular flexibility index (Phi) is 4.67. The van der Waals surface area contributed by atoms with Gasteiger partial charge in [-0.1, -0.05) is 12.1 Å². The maximum Gasteiger partial charge on any atom is 0.144 e. The molecule has 19 heavy (non-hydrogen) atoms. The predicted molar refractivity (Wildman–Crippen MR) is 77.7 cm³/mol. The lowest BCUT2D eigenvalue weighted by atomic mass is 10.1. The van der Waals surface area contributed by atoms with Gasteiger partial charge in [-0.05, 0) is 31.4 Å². The molecule has 0 amide bonds. The van der Waals surface area contributed by atoms with Crippen LogP contribution < -0.4 is 0 Å². The number of nitrogens with zero attached hydrogens (tertiary/aromatic N) is 3.